The van der Waals surface area contributed by atoms with Gasteiger partial charge in [0.2, 0.25) is 0 Å². The molecule has 0 saturated heterocycles. The summed E-state index contributed by atoms with van der Waals surface area (Å²) in [5, 5.41) is 4.01. The lowest BCUT2D eigenvalue weighted by Crippen LogP contribution is -2.22. The summed E-state index contributed by atoms with van der Waals surface area (Å²) in [4.78, 5) is 15.3. The van der Waals surface area contributed by atoms with Gasteiger partial charge in [0.15, 0.2) is 0 Å². The van der Waals surface area contributed by atoms with Gasteiger partial charge >= 0.3 is 0 Å². The number of nitrogens with one attached hydrogen (secondary N) is 2. The summed E-state index contributed by atoms with van der Waals surface area (Å²) in [7, 11) is 1.63. The first-order valence-electron chi connectivity index (χ1n) is 6.74. The second-order valence-corrected chi connectivity index (χ2v) is 4.81. The van der Waals surface area contributed by atoms with Crippen LogP contribution in [0.4, 0.5) is 0 Å². The lowest BCUT2D eigenvalue weighted by Gasteiger charge is -2.06. The Labute approximate surface area is 122 Å². The molecule has 2 aromatic carbocycles. The third-order valence-electron chi connectivity index (χ3n) is 3.43. The third-order valence-corrected chi connectivity index (χ3v) is 3.43. The molecule has 1 amide bonds. The Kier molecular flexibility index (Phi) is 3.60. The highest BCUT2D eigenvalue weighted by molar-refractivity contribution is 5.97. The lowest BCUT2D eigenvalue weighted by molar-refractivity contribution is 0.0951. The summed E-state index contributed by atoms with van der Waals surface area (Å²) < 4.78 is 5.11. The SMILES string of the molecule is COc1ccc(CNC(=O)c2ccc3cc[nH]c3c2)cc1. The fraction of sp³-hybridized carbons (Fsp3) is 0.118. The van der Waals surface area contributed by atoms with Crippen molar-refractivity contribution in [2.24, 2.45) is 0 Å². The van der Waals surface area contributed by atoms with Gasteiger partial charge in [0.1, 0.15) is 5.75 Å². The van der Waals surface area contributed by atoms with Crippen LogP contribution in [-0.2, 0) is 6.54 Å². The Hall–Kier alpha value is -2.75. The van der Waals surface area contributed by atoms with Gasteiger partial charge < -0.3 is 15.0 Å². The third kappa shape index (κ3) is 2.89. The normalized spacial score (nSPS) is 10.5. The van der Waals surface area contributed by atoms with Crippen LogP contribution in [-0.4, -0.2) is 18.0 Å². The molecule has 0 atom stereocenters. The summed E-state index contributed by atoms with van der Waals surface area (Å²) >= 11 is 0. The maximum Gasteiger partial charge on any atom is 0.251 e. The Balaban J connectivity index is 1.67. The standard InChI is InChI=1S/C17H16N2O2/c1-21-15-6-2-12(3-7-15)11-19-17(20)14-5-4-13-8-9-18-16(13)10-14/h2-10,18H,11H2,1H3,(H,19,20). The highest BCUT2D eigenvalue weighted by Gasteiger charge is 2.06. The molecule has 106 valence electrons. The minimum absolute atomic E-state index is 0.0812. The number of benzene rings is 2. The number of hydrogen-bond acceptors (Lipinski definition) is 2. The van der Waals surface area contributed by atoms with Crippen molar-refractivity contribution in [3.8, 4) is 5.75 Å². The molecule has 0 aliphatic carbocycles. The van der Waals surface area contributed by atoms with E-state index in [1.54, 1.807) is 7.11 Å². The Bertz CT molecular complexity index is 760. The van der Waals surface area contributed by atoms with Crippen molar-refractivity contribution in [2.45, 2.75) is 6.54 Å². The molecule has 2 N–H and O–H groups in total. The number of H-pyrrole nitrogens is 1. The number of carbonyl (C=O) groups excluding carboxylic acids is 1. The molecule has 1 aromatic heterocycles. The fourth-order valence-corrected chi connectivity index (χ4v) is 2.22. The van der Waals surface area contributed by atoms with E-state index in [0.717, 1.165) is 22.2 Å². The molecule has 3 rings (SSSR count). The Morgan fingerprint density at radius 2 is 1.95 bits per heavy atom. The molecular weight excluding hydrogens is 264 g/mol. The molecule has 0 fully saturated rings. The lowest BCUT2D eigenvalue weighted by atomic mass is 10.1. The molecule has 0 aliphatic rings. The Morgan fingerprint density at radius 3 is 2.71 bits per heavy atom. The van der Waals surface area contributed by atoms with Crippen molar-refractivity contribution in [1.29, 1.82) is 0 Å². The van der Waals surface area contributed by atoms with Gasteiger partial charge in [0, 0.05) is 23.8 Å². The molecule has 0 aliphatic heterocycles. The largest absolute Gasteiger partial charge is 0.497 e. The molecule has 4 heteroatoms. The van der Waals surface area contributed by atoms with Gasteiger partial charge in [-0.15, -0.1) is 0 Å². The molecule has 0 saturated carbocycles. The molecule has 1 heterocycles. The smallest absolute Gasteiger partial charge is 0.251 e. The summed E-state index contributed by atoms with van der Waals surface area (Å²) in [6.07, 6.45) is 1.86. The summed E-state index contributed by atoms with van der Waals surface area (Å²) in [6.45, 7) is 0.492. The van der Waals surface area contributed by atoms with Crippen LogP contribution in [0.25, 0.3) is 10.9 Å². The van der Waals surface area contributed by atoms with Crippen LogP contribution in [0.2, 0.25) is 0 Å². The highest BCUT2D eigenvalue weighted by Crippen LogP contribution is 2.14. The quantitative estimate of drug-likeness (QED) is 0.771. The van der Waals surface area contributed by atoms with E-state index in [-0.39, 0.29) is 5.91 Å². The number of ether oxygens (including phenoxy) is 1. The van der Waals surface area contributed by atoms with E-state index >= 15 is 0 Å². The molecular formula is C17H16N2O2. The number of rotatable bonds is 4. The van der Waals surface area contributed by atoms with Gasteiger partial charge in [0.25, 0.3) is 5.91 Å². The van der Waals surface area contributed by atoms with Crippen LogP contribution in [0, 0.1) is 0 Å². The Morgan fingerprint density at radius 1 is 1.14 bits per heavy atom. The predicted molar refractivity (Wildman–Crippen MR) is 82.5 cm³/mol. The molecule has 0 radical (unpaired) electrons. The first-order chi connectivity index (χ1) is 10.3. The first kappa shape index (κ1) is 13.2. The van der Waals surface area contributed by atoms with E-state index in [1.807, 2.05) is 54.7 Å². The van der Waals surface area contributed by atoms with Crippen LogP contribution in [0.15, 0.2) is 54.7 Å². The number of hydrogen-bond donors (Lipinski definition) is 2. The first-order valence-corrected chi connectivity index (χ1v) is 6.74. The van der Waals surface area contributed by atoms with Crippen LogP contribution >= 0.6 is 0 Å². The molecule has 4 nitrogen and oxygen atoms in total. The van der Waals surface area contributed by atoms with E-state index in [4.69, 9.17) is 4.74 Å². The minimum Gasteiger partial charge on any atom is -0.497 e. The monoisotopic (exact) mass is 280 g/mol. The number of carbonyl (C=O) groups is 1. The van der Waals surface area contributed by atoms with Gasteiger partial charge in [-0.2, -0.15) is 0 Å². The number of fused-ring (bicyclic) bond motifs is 1. The average Bonchev–Trinajstić information content (AvgIpc) is 3.00. The molecule has 0 unspecified atom stereocenters. The zero-order valence-electron chi connectivity index (χ0n) is 11.7. The second kappa shape index (κ2) is 5.71. The molecule has 0 spiro atoms. The molecule has 3 aromatic rings. The van der Waals surface area contributed by atoms with E-state index in [0.29, 0.717) is 12.1 Å². The average molecular weight is 280 g/mol. The summed E-state index contributed by atoms with van der Waals surface area (Å²) in [5.41, 5.74) is 2.65. The highest BCUT2D eigenvalue weighted by atomic mass is 16.5. The van der Waals surface area contributed by atoms with Gasteiger partial charge in [-0.1, -0.05) is 18.2 Å². The van der Waals surface area contributed by atoms with E-state index in [2.05, 4.69) is 10.3 Å². The van der Waals surface area contributed by atoms with Crippen molar-refractivity contribution >= 4 is 16.8 Å². The van der Waals surface area contributed by atoms with Crippen LogP contribution in [0.5, 0.6) is 5.75 Å². The predicted octanol–water partition coefficient (Wildman–Crippen LogP) is 3.11. The van der Waals surface area contributed by atoms with Crippen LogP contribution in [0.3, 0.4) is 0 Å². The van der Waals surface area contributed by atoms with Gasteiger partial charge in [0.05, 0.1) is 7.11 Å². The molecule has 21 heavy (non-hydrogen) atoms. The van der Waals surface area contributed by atoms with Crippen molar-refractivity contribution in [1.82, 2.24) is 10.3 Å². The summed E-state index contributed by atoms with van der Waals surface area (Å²) in [6, 6.07) is 15.3. The number of aromatic nitrogens is 1. The van der Waals surface area contributed by atoms with Gasteiger partial charge in [-0.05, 0) is 41.3 Å². The zero-order valence-corrected chi connectivity index (χ0v) is 11.7. The maximum atomic E-state index is 12.2. The number of methoxy groups -OCH3 is 1. The van der Waals surface area contributed by atoms with E-state index in [9.17, 15) is 4.79 Å². The van der Waals surface area contributed by atoms with E-state index < -0.39 is 0 Å². The maximum absolute atomic E-state index is 12.2. The number of amides is 1. The minimum atomic E-state index is -0.0812. The number of aromatic amines is 1. The van der Waals surface area contributed by atoms with Crippen molar-refractivity contribution in [3.63, 3.8) is 0 Å². The van der Waals surface area contributed by atoms with Crippen molar-refractivity contribution in [3.05, 3.63) is 65.9 Å². The van der Waals surface area contributed by atoms with Gasteiger partial charge in [-0.25, -0.2) is 0 Å². The van der Waals surface area contributed by atoms with Crippen LogP contribution in [0.1, 0.15) is 15.9 Å². The van der Waals surface area contributed by atoms with Crippen molar-refractivity contribution < 1.29 is 9.53 Å². The zero-order chi connectivity index (χ0) is 14.7. The summed E-state index contributed by atoms with van der Waals surface area (Å²) in [5.74, 6) is 0.726. The van der Waals surface area contributed by atoms with Gasteiger partial charge in [-0.3, -0.25) is 4.79 Å². The van der Waals surface area contributed by atoms with Crippen LogP contribution < -0.4 is 10.1 Å². The van der Waals surface area contributed by atoms with E-state index in [1.165, 1.54) is 0 Å². The molecule has 0 bridgehead atoms. The fourth-order valence-electron chi connectivity index (χ4n) is 2.22. The topological polar surface area (TPSA) is 54.1 Å². The second-order valence-electron chi connectivity index (χ2n) is 4.81. The van der Waals surface area contributed by atoms with Crippen molar-refractivity contribution in [2.75, 3.05) is 7.11 Å².